The largest absolute Gasteiger partial charge is 0.401 e. The van der Waals surface area contributed by atoms with Gasteiger partial charge >= 0.3 is 6.18 Å². The molecule has 23 heavy (non-hydrogen) atoms. The Kier molecular flexibility index (Phi) is 5.02. The molecular formula is C17H22F3N3. The molecule has 0 bridgehead atoms. The highest BCUT2D eigenvalue weighted by atomic mass is 19.4. The Morgan fingerprint density at radius 3 is 2.13 bits per heavy atom. The van der Waals surface area contributed by atoms with Crippen LogP contribution in [-0.2, 0) is 5.54 Å². The lowest BCUT2D eigenvalue weighted by Crippen LogP contribution is -2.55. The first-order chi connectivity index (χ1) is 10.7. The predicted molar refractivity (Wildman–Crippen MR) is 82.7 cm³/mol. The second-order valence-corrected chi connectivity index (χ2v) is 6.45. The lowest BCUT2D eigenvalue weighted by atomic mass is 9.69. The molecule has 0 atom stereocenters. The third-order valence-corrected chi connectivity index (χ3v) is 4.94. The van der Waals surface area contributed by atoms with E-state index in [4.69, 9.17) is 0 Å². The SMILES string of the molecule is CN(C)C1(c2ccccc2)CCC(C#N)(NCC(F)(F)F)CC1. The van der Waals surface area contributed by atoms with Crippen LogP contribution in [0.4, 0.5) is 13.2 Å². The highest BCUT2D eigenvalue weighted by Crippen LogP contribution is 2.44. The van der Waals surface area contributed by atoms with Crippen molar-refractivity contribution < 1.29 is 13.2 Å². The van der Waals surface area contributed by atoms with Crippen LogP contribution in [0.1, 0.15) is 31.2 Å². The zero-order valence-corrected chi connectivity index (χ0v) is 13.5. The molecular weight excluding hydrogens is 303 g/mol. The van der Waals surface area contributed by atoms with Gasteiger partial charge in [-0.2, -0.15) is 18.4 Å². The summed E-state index contributed by atoms with van der Waals surface area (Å²) in [5.41, 5.74) is -0.182. The molecule has 0 heterocycles. The number of nitrogens with zero attached hydrogens (tertiary/aromatic N) is 2. The molecule has 1 aromatic rings. The van der Waals surface area contributed by atoms with E-state index in [2.05, 4.69) is 16.3 Å². The summed E-state index contributed by atoms with van der Waals surface area (Å²) >= 11 is 0. The Hall–Kier alpha value is -1.58. The number of hydrogen-bond acceptors (Lipinski definition) is 3. The van der Waals surface area contributed by atoms with Gasteiger partial charge in [0.1, 0.15) is 5.54 Å². The Morgan fingerprint density at radius 2 is 1.70 bits per heavy atom. The van der Waals surface area contributed by atoms with E-state index < -0.39 is 18.3 Å². The first-order valence-corrected chi connectivity index (χ1v) is 7.69. The van der Waals surface area contributed by atoms with Gasteiger partial charge < -0.3 is 0 Å². The summed E-state index contributed by atoms with van der Waals surface area (Å²) in [7, 11) is 3.96. The van der Waals surface area contributed by atoms with E-state index in [9.17, 15) is 18.4 Å². The van der Waals surface area contributed by atoms with Gasteiger partial charge in [0.15, 0.2) is 0 Å². The monoisotopic (exact) mass is 325 g/mol. The van der Waals surface area contributed by atoms with Gasteiger partial charge in [-0.15, -0.1) is 0 Å². The van der Waals surface area contributed by atoms with Gasteiger partial charge in [0, 0.05) is 5.54 Å². The predicted octanol–water partition coefficient (Wildman–Crippen LogP) is 3.43. The number of benzene rings is 1. The van der Waals surface area contributed by atoms with E-state index >= 15 is 0 Å². The highest BCUT2D eigenvalue weighted by molar-refractivity contribution is 5.27. The fourth-order valence-electron chi connectivity index (χ4n) is 3.43. The third-order valence-electron chi connectivity index (χ3n) is 4.94. The summed E-state index contributed by atoms with van der Waals surface area (Å²) in [6.45, 7) is -1.12. The van der Waals surface area contributed by atoms with E-state index in [0.29, 0.717) is 25.7 Å². The quantitative estimate of drug-likeness (QED) is 0.922. The molecule has 1 saturated carbocycles. The number of alkyl halides is 3. The fraction of sp³-hybridized carbons (Fsp3) is 0.588. The molecule has 0 amide bonds. The average molecular weight is 325 g/mol. The van der Waals surface area contributed by atoms with Crippen LogP contribution in [0, 0.1) is 11.3 Å². The molecule has 0 aliphatic heterocycles. The maximum absolute atomic E-state index is 12.5. The molecule has 0 aromatic heterocycles. The lowest BCUT2D eigenvalue weighted by molar-refractivity contribution is -0.129. The van der Waals surface area contributed by atoms with Crippen molar-refractivity contribution in [2.45, 2.75) is 42.9 Å². The Balaban J connectivity index is 2.18. The molecule has 0 spiro atoms. The first-order valence-electron chi connectivity index (χ1n) is 7.69. The molecule has 1 aliphatic rings. The molecule has 1 fully saturated rings. The molecule has 2 rings (SSSR count). The number of hydrogen-bond donors (Lipinski definition) is 1. The summed E-state index contributed by atoms with van der Waals surface area (Å²) in [6.07, 6.45) is -2.23. The first kappa shape index (κ1) is 17.8. The molecule has 1 N–H and O–H groups in total. The molecule has 3 nitrogen and oxygen atoms in total. The summed E-state index contributed by atoms with van der Waals surface area (Å²) < 4.78 is 37.4. The van der Waals surface area contributed by atoms with Crippen molar-refractivity contribution in [3.8, 4) is 6.07 Å². The van der Waals surface area contributed by atoms with E-state index in [-0.39, 0.29) is 5.54 Å². The van der Waals surface area contributed by atoms with Gasteiger partial charge in [-0.3, -0.25) is 10.2 Å². The average Bonchev–Trinajstić information content (AvgIpc) is 2.53. The zero-order chi connectivity index (χ0) is 17.1. The molecule has 0 saturated heterocycles. The van der Waals surface area contributed by atoms with E-state index in [1.165, 1.54) is 0 Å². The number of halogens is 3. The maximum atomic E-state index is 12.5. The van der Waals surface area contributed by atoms with Crippen molar-refractivity contribution in [1.29, 1.82) is 5.26 Å². The number of nitrogens with one attached hydrogen (secondary N) is 1. The van der Waals surface area contributed by atoms with Crippen LogP contribution in [0.3, 0.4) is 0 Å². The second-order valence-electron chi connectivity index (χ2n) is 6.45. The molecule has 0 unspecified atom stereocenters. The molecule has 1 aromatic carbocycles. The summed E-state index contributed by atoms with van der Waals surface area (Å²) in [5.74, 6) is 0. The Bertz CT molecular complexity index is 553. The third kappa shape index (κ3) is 3.85. The van der Waals surface area contributed by atoms with Crippen molar-refractivity contribution >= 4 is 0 Å². The molecule has 1 aliphatic carbocycles. The van der Waals surface area contributed by atoms with Crippen LogP contribution in [0.15, 0.2) is 30.3 Å². The summed E-state index contributed by atoms with van der Waals surface area (Å²) in [4.78, 5) is 2.12. The van der Waals surface area contributed by atoms with Crippen LogP contribution in [-0.4, -0.2) is 37.3 Å². The van der Waals surface area contributed by atoms with Crippen molar-refractivity contribution in [1.82, 2.24) is 10.2 Å². The zero-order valence-electron chi connectivity index (χ0n) is 13.5. The van der Waals surface area contributed by atoms with Gasteiger partial charge in [-0.25, -0.2) is 0 Å². The molecule has 126 valence electrons. The minimum atomic E-state index is -4.31. The second kappa shape index (κ2) is 6.50. The van der Waals surface area contributed by atoms with Crippen LogP contribution in [0.5, 0.6) is 0 Å². The van der Waals surface area contributed by atoms with Gasteiger partial charge in [0.2, 0.25) is 0 Å². The van der Waals surface area contributed by atoms with Crippen LogP contribution in [0.2, 0.25) is 0 Å². The van der Waals surface area contributed by atoms with Crippen LogP contribution in [0.25, 0.3) is 0 Å². The van der Waals surface area contributed by atoms with Gasteiger partial charge in [0.25, 0.3) is 0 Å². The van der Waals surface area contributed by atoms with Gasteiger partial charge in [0.05, 0.1) is 12.6 Å². The van der Waals surface area contributed by atoms with Crippen LogP contribution < -0.4 is 5.32 Å². The van der Waals surface area contributed by atoms with Gasteiger partial charge in [-0.05, 0) is 45.3 Å². The topological polar surface area (TPSA) is 39.1 Å². The van der Waals surface area contributed by atoms with Crippen molar-refractivity contribution in [2.75, 3.05) is 20.6 Å². The summed E-state index contributed by atoms with van der Waals surface area (Å²) in [6, 6.07) is 12.1. The lowest BCUT2D eigenvalue weighted by Gasteiger charge is -2.48. The Morgan fingerprint density at radius 1 is 1.13 bits per heavy atom. The van der Waals surface area contributed by atoms with Crippen LogP contribution >= 0.6 is 0 Å². The maximum Gasteiger partial charge on any atom is 0.401 e. The van der Waals surface area contributed by atoms with E-state index in [1.807, 2.05) is 44.4 Å². The van der Waals surface area contributed by atoms with Gasteiger partial charge in [-0.1, -0.05) is 30.3 Å². The minimum absolute atomic E-state index is 0.235. The van der Waals surface area contributed by atoms with Crippen molar-refractivity contribution in [2.24, 2.45) is 0 Å². The number of nitriles is 1. The minimum Gasteiger partial charge on any atom is -0.300 e. The smallest absolute Gasteiger partial charge is 0.300 e. The highest BCUT2D eigenvalue weighted by Gasteiger charge is 2.46. The van der Waals surface area contributed by atoms with Crippen molar-refractivity contribution in [3.63, 3.8) is 0 Å². The van der Waals surface area contributed by atoms with Crippen molar-refractivity contribution in [3.05, 3.63) is 35.9 Å². The van der Waals surface area contributed by atoms with E-state index in [0.717, 1.165) is 5.56 Å². The standard InChI is InChI=1S/C17H22F3N3/c1-23(2)16(14-6-4-3-5-7-14)10-8-15(12-21,9-11-16)22-13-17(18,19)20/h3-7,22H,8-11,13H2,1-2H3. The number of rotatable bonds is 4. The molecule has 6 heteroatoms. The summed E-state index contributed by atoms with van der Waals surface area (Å²) in [5, 5.41) is 11.9. The Labute approximate surface area is 135 Å². The van der Waals surface area contributed by atoms with E-state index in [1.54, 1.807) is 0 Å². The fourth-order valence-corrected chi connectivity index (χ4v) is 3.43. The normalized spacial score (nSPS) is 28.6. The molecule has 0 radical (unpaired) electrons.